The molecule has 4 nitrogen and oxygen atoms in total. The lowest BCUT2D eigenvalue weighted by atomic mass is 10.2. The van der Waals surface area contributed by atoms with Crippen molar-refractivity contribution in [1.82, 2.24) is 14.8 Å². The van der Waals surface area contributed by atoms with Gasteiger partial charge in [0, 0.05) is 43.9 Å². The van der Waals surface area contributed by atoms with E-state index in [2.05, 4.69) is 9.88 Å². The Kier molecular flexibility index (Phi) is 3.71. The van der Waals surface area contributed by atoms with E-state index in [1.807, 2.05) is 4.90 Å². The van der Waals surface area contributed by atoms with Crippen molar-refractivity contribution < 1.29 is 4.79 Å². The third-order valence-corrected chi connectivity index (χ3v) is 4.05. The number of nitrogens with zero attached hydrogens (tertiary/aromatic N) is 3. The van der Waals surface area contributed by atoms with Crippen molar-refractivity contribution in [2.45, 2.75) is 12.8 Å². The molecule has 1 aromatic heterocycles. The largest absolute Gasteiger partial charge is 0.335 e. The molecule has 1 saturated heterocycles. The van der Waals surface area contributed by atoms with Gasteiger partial charge in [0.15, 0.2) is 0 Å². The second-order valence-corrected chi connectivity index (χ2v) is 5.83. The molecule has 2 heterocycles. The minimum atomic E-state index is -0.00595. The first-order valence-corrected chi connectivity index (χ1v) is 7.23. The first-order valence-electron chi connectivity index (χ1n) is 6.85. The molecule has 3 rings (SSSR count). The van der Waals surface area contributed by atoms with E-state index in [0.717, 1.165) is 32.1 Å². The van der Waals surface area contributed by atoms with Crippen LogP contribution in [0.25, 0.3) is 0 Å². The highest BCUT2D eigenvalue weighted by atomic mass is 35.5. The van der Waals surface area contributed by atoms with Crippen LogP contribution >= 0.6 is 11.6 Å². The lowest BCUT2D eigenvalue weighted by Gasteiger charge is -2.34. The molecule has 0 bridgehead atoms. The molecule has 2 aliphatic rings. The van der Waals surface area contributed by atoms with Gasteiger partial charge in [0.05, 0.1) is 0 Å². The zero-order valence-electron chi connectivity index (χ0n) is 10.9. The SMILES string of the molecule is O=C(c1cc(Cl)ccn1)N1CCN(CC2CC2)CC1. The van der Waals surface area contributed by atoms with Crippen LogP contribution in [0.2, 0.25) is 5.02 Å². The Labute approximate surface area is 118 Å². The van der Waals surface area contributed by atoms with Gasteiger partial charge in [-0.3, -0.25) is 14.7 Å². The molecule has 0 aromatic carbocycles. The summed E-state index contributed by atoms with van der Waals surface area (Å²) in [7, 11) is 0. The van der Waals surface area contributed by atoms with Crippen molar-refractivity contribution in [2.75, 3.05) is 32.7 Å². The maximum Gasteiger partial charge on any atom is 0.272 e. The maximum atomic E-state index is 12.3. The van der Waals surface area contributed by atoms with Crippen LogP contribution in [-0.2, 0) is 0 Å². The number of aromatic nitrogens is 1. The smallest absolute Gasteiger partial charge is 0.272 e. The van der Waals surface area contributed by atoms with Gasteiger partial charge in [-0.25, -0.2) is 0 Å². The fourth-order valence-electron chi connectivity index (χ4n) is 2.48. The van der Waals surface area contributed by atoms with Crippen LogP contribution in [-0.4, -0.2) is 53.4 Å². The standard InChI is InChI=1S/C14H18ClN3O/c15-12-3-4-16-13(9-12)14(19)18-7-5-17(6-8-18)10-11-1-2-11/h3-4,9,11H,1-2,5-8,10H2. The van der Waals surface area contributed by atoms with Crippen molar-refractivity contribution >= 4 is 17.5 Å². The molecule has 0 atom stereocenters. The molecule has 0 spiro atoms. The summed E-state index contributed by atoms with van der Waals surface area (Å²) in [5.41, 5.74) is 0.447. The summed E-state index contributed by atoms with van der Waals surface area (Å²) in [6.45, 7) is 4.74. The van der Waals surface area contributed by atoms with Gasteiger partial charge in [0.25, 0.3) is 5.91 Å². The Hall–Kier alpha value is -1.13. The van der Waals surface area contributed by atoms with E-state index < -0.39 is 0 Å². The van der Waals surface area contributed by atoms with E-state index >= 15 is 0 Å². The first kappa shape index (κ1) is 12.9. The number of amides is 1. The number of hydrogen-bond donors (Lipinski definition) is 0. The molecular formula is C14H18ClN3O. The maximum absolute atomic E-state index is 12.3. The second kappa shape index (κ2) is 5.47. The van der Waals surface area contributed by atoms with Crippen LogP contribution in [0.5, 0.6) is 0 Å². The van der Waals surface area contributed by atoms with Crippen molar-refractivity contribution in [3.63, 3.8) is 0 Å². The molecule has 0 radical (unpaired) electrons. The van der Waals surface area contributed by atoms with E-state index in [4.69, 9.17) is 11.6 Å². The minimum absolute atomic E-state index is 0.00595. The molecule has 5 heteroatoms. The van der Waals surface area contributed by atoms with Crippen molar-refractivity contribution in [3.05, 3.63) is 29.0 Å². The number of piperazine rings is 1. The van der Waals surface area contributed by atoms with E-state index in [9.17, 15) is 4.79 Å². The quantitative estimate of drug-likeness (QED) is 0.848. The summed E-state index contributed by atoms with van der Waals surface area (Å²) >= 11 is 5.90. The first-order chi connectivity index (χ1) is 9.22. The zero-order valence-corrected chi connectivity index (χ0v) is 11.6. The fourth-order valence-corrected chi connectivity index (χ4v) is 2.64. The van der Waals surface area contributed by atoms with Crippen LogP contribution in [0.1, 0.15) is 23.3 Å². The van der Waals surface area contributed by atoms with Gasteiger partial charge in [-0.2, -0.15) is 0 Å². The number of carbonyl (C=O) groups is 1. The third-order valence-electron chi connectivity index (χ3n) is 3.81. The number of halogens is 1. The number of rotatable bonds is 3. The van der Waals surface area contributed by atoms with Crippen LogP contribution in [0, 0.1) is 5.92 Å². The molecule has 19 heavy (non-hydrogen) atoms. The topological polar surface area (TPSA) is 36.4 Å². The molecule has 1 amide bonds. The van der Waals surface area contributed by atoms with Crippen molar-refractivity contribution in [3.8, 4) is 0 Å². The van der Waals surface area contributed by atoms with Gasteiger partial charge in [0.1, 0.15) is 5.69 Å². The van der Waals surface area contributed by atoms with E-state index in [0.29, 0.717) is 10.7 Å². The van der Waals surface area contributed by atoms with Gasteiger partial charge >= 0.3 is 0 Å². The summed E-state index contributed by atoms with van der Waals surface area (Å²) in [5.74, 6) is 0.908. The Balaban J connectivity index is 1.56. The number of pyridine rings is 1. The average molecular weight is 280 g/mol. The molecular weight excluding hydrogens is 262 g/mol. The highest BCUT2D eigenvalue weighted by Gasteiger charge is 2.28. The molecule has 0 unspecified atom stereocenters. The summed E-state index contributed by atoms with van der Waals surface area (Å²) in [6.07, 6.45) is 4.34. The fraction of sp³-hybridized carbons (Fsp3) is 0.571. The van der Waals surface area contributed by atoms with Crippen molar-refractivity contribution in [1.29, 1.82) is 0 Å². The molecule has 0 N–H and O–H groups in total. The van der Waals surface area contributed by atoms with E-state index in [-0.39, 0.29) is 5.91 Å². The van der Waals surface area contributed by atoms with Crippen LogP contribution in [0.4, 0.5) is 0 Å². The predicted octanol–water partition coefficient (Wildman–Crippen LogP) is 1.90. The van der Waals surface area contributed by atoms with Gasteiger partial charge in [-0.05, 0) is 30.9 Å². The highest BCUT2D eigenvalue weighted by molar-refractivity contribution is 6.30. The summed E-state index contributed by atoms with van der Waals surface area (Å²) in [6, 6.07) is 3.33. The number of hydrogen-bond acceptors (Lipinski definition) is 3. The van der Waals surface area contributed by atoms with Gasteiger partial charge in [-0.15, -0.1) is 0 Å². The second-order valence-electron chi connectivity index (χ2n) is 5.40. The van der Waals surface area contributed by atoms with Gasteiger partial charge < -0.3 is 4.90 Å². The Morgan fingerprint density at radius 2 is 2.05 bits per heavy atom. The molecule has 1 aliphatic carbocycles. The lowest BCUT2D eigenvalue weighted by molar-refractivity contribution is 0.0626. The van der Waals surface area contributed by atoms with Crippen molar-refractivity contribution in [2.24, 2.45) is 5.92 Å². The summed E-state index contributed by atoms with van der Waals surface area (Å²) in [5, 5.41) is 0.561. The average Bonchev–Trinajstić information content (AvgIpc) is 3.23. The summed E-state index contributed by atoms with van der Waals surface area (Å²) in [4.78, 5) is 20.7. The van der Waals surface area contributed by atoms with Crippen LogP contribution in [0.15, 0.2) is 18.3 Å². The third kappa shape index (κ3) is 3.25. The van der Waals surface area contributed by atoms with Crippen LogP contribution < -0.4 is 0 Å². The lowest BCUT2D eigenvalue weighted by Crippen LogP contribution is -2.49. The molecule has 1 aromatic rings. The Morgan fingerprint density at radius 1 is 1.32 bits per heavy atom. The van der Waals surface area contributed by atoms with E-state index in [1.165, 1.54) is 19.4 Å². The Bertz CT molecular complexity index is 468. The van der Waals surface area contributed by atoms with Crippen LogP contribution in [0.3, 0.4) is 0 Å². The molecule has 2 fully saturated rings. The molecule has 1 saturated carbocycles. The summed E-state index contributed by atoms with van der Waals surface area (Å²) < 4.78 is 0. The number of carbonyl (C=O) groups excluding carboxylic acids is 1. The molecule has 1 aliphatic heterocycles. The van der Waals surface area contributed by atoms with Gasteiger partial charge in [0.2, 0.25) is 0 Å². The minimum Gasteiger partial charge on any atom is -0.335 e. The van der Waals surface area contributed by atoms with Gasteiger partial charge in [-0.1, -0.05) is 11.6 Å². The Morgan fingerprint density at radius 3 is 2.68 bits per heavy atom. The normalized spacial score (nSPS) is 20.6. The predicted molar refractivity (Wildman–Crippen MR) is 74.3 cm³/mol. The van der Waals surface area contributed by atoms with E-state index in [1.54, 1.807) is 18.3 Å². The highest BCUT2D eigenvalue weighted by Crippen LogP contribution is 2.29. The molecule has 102 valence electrons. The monoisotopic (exact) mass is 279 g/mol. The zero-order chi connectivity index (χ0) is 13.2.